The van der Waals surface area contributed by atoms with E-state index in [-0.39, 0.29) is 23.7 Å². The number of nitro benzene ring substituents is 1. The van der Waals surface area contributed by atoms with Crippen molar-refractivity contribution in [2.24, 2.45) is 0 Å². The normalized spacial score (nSPS) is 11.3. The van der Waals surface area contributed by atoms with E-state index in [0.29, 0.717) is 18.0 Å². The molecule has 11 heteroatoms. The van der Waals surface area contributed by atoms with Crippen LogP contribution in [0.25, 0.3) is 0 Å². The molecule has 0 fully saturated rings. The van der Waals surface area contributed by atoms with E-state index < -0.39 is 14.9 Å². The highest BCUT2D eigenvalue weighted by Crippen LogP contribution is 2.30. The number of rotatable bonds is 12. The van der Waals surface area contributed by atoms with Crippen LogP contribution in [0.1, 0.15) is 5.56 Å². The maximum atomic E-state index is 11.3. The summed E-state index contributed by atoms with van der Waals surface area (Å²) in [5.41, 5.74) is 0.894. The number of hydrogen-bond donors (Lipinski definition) is 1. The molecule has 0 saturated carbocycles. The molecule has 2 aromatic carbocycles. The van der Waals surface area contributed by atoms with Gasteiger partial charge in [0.15, 0.2) is 17.2 Å². The number of sulfonamides is 1. The van der Waals surface area contributed by atoms with Gasteiger partial charge in [-0.25, -0.2) is 8.42 Å². The van der Waals surface area contributed by atoms with E-state index in [9.17, 15) is 18.5 Å². The zero-order chi connectivity index (χ0) is 23.0. The van der Waals surface area contributed by atoms with Gasteiger partial charge in [0, 0.05) is 19.2 Å². The van der Waals surface area contributed by atoms with Crippen molar-refractivity contribution in [3.63, 3.8) is 0 Å². The fourth-order valence-electron chi connectivity index (χ4n) is 2.84. The summed E-state index contributed by atoms with van der Waals surface area (Å²) in [5.74, 6) is 1.43. The molecule has 31 heavy (non-hydrogen) atoms. The van der Waals surface area contributed by atoms with Crippen LogP contribution >= 0.6 is 0 Å². The molecule has 0 saturated heterocycles. The van der Waals surface area contributed by atoms with E-state index in [0.717, 1.165) is 30.9 Å². The monoisotopic (exact) mass is 453 g/mol. The predicted molar refractivity (Wildman–Crippen MR) is 118 cm³/mol. The number of methoxy groups -OCH3 is 2. The number of nitrogens with one attached hydrogen (secondary N) is 1. The van der Waals surface area contributed by atoms with Crippen molar-refractivity contribution in [3.05, 3.63) is 52.1 Å². The molecule has 2 aromatic rings. The van der Waals surface area contributed by atoms with Gasteiger partial charge in [-0.2, -0.15) is 0 Å². The molecule has 10 nitrogen and oxygen atoms in total. The summed E-state index contributed by atoms with van der Waals surface area (Å²) in [7, 11) is 1.57. The van der Waals surface area contributed by atoms with E-state index in [1.165, 1.54) is 12.1 Å². The summed E-state index contributed by atoms with van der Waals surface area (Å²) in [6.07, 6.45) is 1.75. The Morgan fingerprint density at radius 1 is 1.03 bits per heavy atom. The van der Waals surface area contributed by atoms with Gasteiger partial charge in [-0.1, -0.05) is 6.07 Å². The van der Waals surface area contributed by atoms with Crippen molar-refractivity contribution in [2.45, 2.75) is 6.42 Å². The number of hydrogen-bond acceptors (Lipinski definition) is 8. The van der Waals surface area contributed by atoms with Gasteiger partial charge in [0.05, 0.1) is 31.1 Å². The van der Waals surface area contributed by atoms with Gasteiger partial charge in [0.1, 0.15) is 6.61 Å². The summed E-state index contributed by atoms with van der Waals surface area (Å²) in [6.45, 7) is 1.54. The number of anilines is 1. The van der Waals surface area contributed by atoms with Crippen LogP contribution in [-0.4, -0.2) is 65.5 Å². The second-order valence-corrected chi connectivity index (χ2v) is 8.65. The lowest BCUT2D eigenvalue weighted by atomic mass is 10.1. The van der Waals surface area contributed by atoms with Gasteiger partial charge >= 0.3 is 5.69 Å². The van der Waals surface area contributed by atoms with Crippen LogP contribution in [-0.2, 0) is 16.4 Å². The first-order valence-electron chi connectivity index (χ1n) is 9.41. The minimum atomic E-state index is -3.53. The number of ether oxygens (including phenoxy) is 3. The molecular formula is C20H27N3O7S. The van der Waals surface area contributed by atoms with Crippen molar-refractivity contribution < 1.29 is 27.6 Å². The molecule has 0 aliphatic heterocycles. The van der Waals surface area contributed by atoms with Gasteiger partial charge in [0.2, 0.25) is 10.0 Å². The first kappa shape index (κ1) is 24.2. The third-order valence-electron chi connectivity index (χ3n) is 4.42. The molecule has 0 spiro atoms. The van der Waals surface area contributed by atoms with Crippen molar-refractivity contribution in [1.82, 2.24) is 4.90 Å². The van der Waals surface area contributed by atoms with Crippen molar-refractivity contribution in [2.75, 3.05) is 51.9 Å². The molecule has 0 unspecified atom stereocenters. The summed E-state index contributed by atoms with van der Waals surface area (Å²) in [6, 6.07) is 9.70. The lowest BCUT2D eigenvalue weighted by Gasteiger charge is -2.17. The molecule has 0 aromatic heterocycles. The molecule has 170 valence electrons. The van der Waals surface area contributed by atoms with Crippen LogP contribution in [0, 0.1) is 10.1 Å². The van der Waals surface area contributed by atoms with E-state index in [1.807, 2.05) is 30.1 Å². The van der Waals surface area contributed by atoms with Crippen molar-refractivity contribution in [1.29, 1.82) is 0 Å². The Morgan fingerprint density at radius 2 is 1.71 bits per heavy atom. The van der Waals surface area contributed by atoms with Crippen LogP contribution in [0.5, 0.6) is 17.2 Å². The fourth-order valence-corrected chi connectivity index (χ4v) is 3.39. The van der Waals surface area contributed by atoms with Gasteiger partial charge < -0.3 is 19.1 Å². The van der Waals surface area contributed by atoms with Gasteiger partial charge in [-0.15, -0.1) is 0 Å². The Bertz CT molecular complexity index is 1010. The SMILES string of the molecule is COc1ccc(CCN(C)CCOc2ccc(NS(C)(=O)=O)cc2[N+](=O)[O-])cc1OC. The lowest BCUT2D eigenvalue weighted by molar-refractivity contribution is -0.385. The largest absolute Gasteiger partial charge is 0.493 e. The Labute approximate surface area is 181 Å². The third-order valence-corrected chi connectivity index (χ3v) is 5.03. The fraction of sp³-hybridized carbons (Fsp3) is 0.400. The van der Waals surface area contributed by atoms with Crippen molar-refractivity contribution >= 4 is 21.4 Å². The molecule has 1 N–H and O–H groups in total. The van der Waals surface area contributed by atoms with Gasteiger partial charge in [-0.3, -0.25) is 14.8 Å². The molecule has 0 radical (unpaired) electrons. The Morgan fingerprint density at radius 3 is 2.32 bits per heavy atom. The highest BCUT2D eigenvalue weighted by molar-refractivity contribution is 7.92. The summed E-state index contributed by atoms with van der Waals surface area (Å²) in [4.78, 5) is 12.7. The number of benzene rings is 2. The molecule has 0 heterocycles. The molecule has 0 bridgehead atoms. The second kappa shape index (κ2) is 10.8. The molecule has 0 aliphatic carbocycles. The van der Waals surface area contributed by atoms with E-state index >= 15 is 0 Å². The van der Waals surface area contributed by atoms with E-state index in [1.54, 1.807) is 14.2 Å². The second-order valence-electron chi connectivity index (χ2n) is 6.90. The zero-order valence-corrected chi connectivity index (χ0v) is 18.8. The highest BCUT2D eigenvalue weighted by Gasteiger charge is 2.17. The number of nitrogens with zero attached hydrogens (tertiary/aromatic N) is 2. The number of nitro groups is 1. The summed E-state index contributed by atoms with van der Waals surface area (Å²) < 4.78 is 41.0. The summed E-state index contributed by atoms with van der Waals surface area (Å²) in [5, 5.41) is 11.3. The molecule has 0 atom stereocenters. The van der Waals surface area contributed by atoms with Crippen LogP contribution in [0.3, 0.4) is 0 Å². The average Bonchev–Trinajstić information content (AvgIpc) is 2.71. The molecule has 2 rings (SSSR count). The number of likely N-dealkylation sites (N-methyl/N-ethyl adjacent to an activating group) is 1. The third kappa shape index (κ3) is 7.61. The smallest absolute Gasteiger partial charge is 0.313 e. The van der Waals surface area contributed by atoms with Gasteiger partial charge in [-0.05, 0) is 43.3 Å². The predicted octanol–water partition coefficient (Wildman–Crippen LogP) is 2.54. The lowest BCUT2D eigenvalue weighted by Crippen LogP contribution is -2.26. The summed E-state index contributed by atoms with van der Waals surface area (Å²) >= 11 is 0. The van der Waals surface area contributed by atoms with Gasteiger partial charge in [0.25, 0.3) is 0 Å². The topological polar surface area (TPSA) is 120 Å². The molecular weight excluding hydrogens is 426 g/mol. The van der Waals surface area contributed by atoms with Crippen LogP contribution < -0.4 is 18.9 Å². The maximum absolute atomic E-state index is 11.3. The van der Waals surface area contributed by atoms with Crippen LogP contribution in [0.2, 0.25) is 0 Å². The quantitative estimate of drug-likeness (QED) is 0.384. The Hall–Kier alpha value is -3.05. The highest BCUT2D eigenvalue weighted by atomic mass is 32.2. The van der Waals surface area contributed by atoms with E-state index in [4.69, 9.17) is 14.2 Å². The Balaban J connectivity index is 1.90. The Kier molecular flexibility index (Phi) is 8.46. The molecule has 0 amide bonds. The first-order valence-corrected chi connectivity index (χ1v) is 11.3. The maximum Gasteiger partial charge on any atom is 0.313 e. The van der Waals surface area contributed by atoms with Crippen LogP contribution in [0.4, 0.5) is 11.4 Å². The minimum absolute atomic E-state index is 0.0809. The van der Waals surface area contributed by atoms with Crippen LogP contribution in [0.15, 0.2) is 36.4 Å². The standard InChI is InChI=1S/C20H27N3O7S/c1-22(10-9-15-5-7-19(28-2)20(13-15)29-3)11-12-30-18-8-6-16(21-31(4,26)27)14-17(18)23(24)25/h5-8,13-14,21H,9-12H2,1-4H3. The molecule has 0 aliphatic rings. The first-order chi connectivity index (χ1) is 14.6. The zero-order valence-electron chi connectivity index (χ0n) is 18.0. The van der Waals surface area contributed by atoms with Crippen molar-refractivity contribution in [3.8, 4) is 17.2 Å². The average molecular weight is 454 g/mol. The van der Waals surface area contributed by atoms with E-state index in [2.05, 4.69) is 4.72 Å². The minimum Gasteiger partial charge on any atom is -0.493 e.